The fraction of sp³-hybridized carbons (Fsp3) is 0.643. The predicted octanol–water partition coefficient (Wildman–Crippen LogP) is 2.57. The van der Waals surface area contributed by atoms with Crippen molar-refractivity contribution in [3.63, 3.8) is 0 Å². The summed E-state index contributed by atoms with van der Waals surface area (Å²) in [5.74, 6) is 0. The molecule has 1 N–H and O–H groups in total. The number of nitrogens with one attached hydrogen (secondary N) is 1. The van der Waals surface area contributed by atoms with Gasteiger partial charge in [-0.25, -0.2) is 0 Å². The zero-order chi connectivity index (χ0) is 12.1. The van der Waals surface area contributed by atoms with Gasteiger partial charge < -0.3 is 10.2 Å². The summed E-state index contributed by atoms with van der Waals surface area (Å²) in [4.78, 5) is 6.83. The molecule has 1 fully saturated rings. The summed E-state index contributed by atoms with van der Waals surface area (Å²) in [6.45, 7) is 4.24. The molecule has 0 aliphatic heterocycles. The Bertz CT molecular complexity index is 345. The highest BCUT2D eigenvalue weighted by Gasteiger charge is 2.23. The zero-order valence-electron chi connectivity index (χ0n) is 10.9. The molecule has 17 heavy (non-hydrogen) atoms. The summed E-state index contributed by atoms with van der Waals surface area (Å²) in [5, 5.41) is 3.24. The van der Waals surface area contributed by atoms with Crippen LogP contribution in [-0.4, -0.2) is 24.6 Å². The number of aromatic nitrogens is 1. The second kappa shape index (κ2) is 6.01. The molecule has 0 unspecified atom stereocenters. The molecule has 0 amide bonds. The molecule has 2 rings (SSSR count). The Hall–Kier alpha value is -1.09. The highest BCUT2D eigenvalue weighted by atomic mass is 15.2. The van der Waals surface area contributed by atoms with Gasteiger partial charge in [0.05, 0.1) is 11.9 Å². The fourth-order valence-electron chi connectivity index (χ4n) is 2.85. The minimum atomic E-state index is 0.722. The van der Waals surface area contributed by atoms with Crippen LogP contribution in [0.4, 0.5) is 5.69 Å². The average Bonchev–Trinajstić information content (AvgIpc) is 2.86. The molecule has 0 spiro atoms. The van der Waals surface area contributed by atoms with Crippen molar-refractivity contribution < 1.29 is 0 Å². The SMILES string of the molecule is CCN(c1cnccc1CNC)C1CCCC1. The number of hydrogen-bond donors (Lipinski definition) is 1. The summed E-state index contributed by atoms with van der Waals surface area (Å²) in [7, 11) is 2.00. The molecule has 1 saturated carbocycles. The number of hydrogen-bond acceptors (Lipinski definition) is 3. The van der Waals surface area contributed by atoms with Gasteiger partial charge in [0.15, 0.2) is 0 Å². The normalized spacial score (nSPS) is 16.4. The van der Waals surface area contributed by atoms with Crippen LogP contribution in [0.1, 0.15) is 38.2 Å². The van der Waals surface area contributed by atoms with Crippen molar-refractivity contribution in [3.8, 4) is 0 Å². The summed E-state index contributed by atoms with van der Waals surface area (Å²) in [5.41, 5.74) is 2.67. The lowest BCUT2D eigenvalue weighted by atomic mass is 10.1. The van der Waals surface area contributed by atoms with Crippen molar-refractivity contribution in [1.82, 2.24) is 10.3 Å². The van der Waals surface area contributed by atoms with Gasteiger partial charge in [-0.15, -0.1) is 0 Å². The zero-order valence-corrected chi connectivity index (χ0v) is 10.9. The quantitative estimate of drug-likeness (QED) is 0.847. The molecular weight excluding hydrogens is 210 g/mol. The lowest BCUT2D eigenvalue weighted by Gasteiger charge is -2.31. The summed E-state index contributed by atoms with van der Waals surface area (Å²) in [6.07, 6.45) is 9.34. The first-order valence-corrected chi connectivity index (χ1v) is 6.71. The first kappa shape index (κ1) is 12.4. The van der Waals surface area contributed by atoms with Gasteiger partial charge in [0.1, 0.15) is 0 Å². The van der Waals surface area contributed by atoms with Crippen molar-refractivity contribution in [2.24, 2.45) is 0 Å². The summed E-state index contributed by atoms with van der Waals surface area (Å²) < 4.78 is 0. The van der Waals surface area contributed by atoms with E-state index in [9.17, 15) is 0 Å². The van der Waals surface area contributed by atoms with Crippen LogP contribution in [0.25, 0.3) is 0 Å². The molecule has 1 aromatic heterocycles. The number of nitrogens with zero attached hydrogens (tertiary/aromatic N) is 2. The van der Waals surface area contributed by atoms with Crippen molar-refractivity contribution >= 4 is 5.69 Å². The van der Waals surface area contributed by atoms with Crippen LogP contribution in [0.15, 0.2) is 18.5 Å². The third-order valence-corrected chi connectivity index (χ3v) is 3.67. The third-order valence-electron chi connectivity index (χ3n) is 3.67. The Kier molecular flexibility index (Phi) is 4.37. The van der Waals surface area contributed by atoms with Gasteiger partial charge >= 0.3 is 0 Å². The number of anilines is 1. The highest BCUT2D eigenvalue weighted by molar-refractivity contribution is 5.52. The van der Waals surface area contributed by atoms with E-state index in [4.69, 9.17) is 0 Å². The van der Waals surface area contributed by atoms with Gasteiger partial charge in [0, 0.05) is 25.3 Å². The lowest BCUT2D eigenvalue weighted by Crippen LogP contribution is -2.34. The summed E-state index contributed by atoms with van der Waals surface area (Å²) in [6, 6.07) is 2.85. The van der Waals surface area contributed by atoms with Gasteiger partial charge in [-0.2, -0.15) is 0 Å². The maximum atomic E-state index is 4.30. The van der Waals surface area contributed by atoms with Crippen molar-refractivity contribution in [3.05, 3.63) is 24.0 Å². The van der Waals surface area contributed by atoms with E-state index in [1.807, 2.05) is 19.4 Å². The van der Waals surface area contributed by atoms with Crippen molar-refractivity contribution in [2.75, 3.05) is 18.5 Å². The molecular formula is C14H23N3. The molecule has 0 radical (unpaired) electrons. The molecule has 3 nitrogen and oxygen atoms in total. The molecule has 0 aromatic carbocycles. The Morgan fingerprint density at radius 3 is 2.82 bits per heavy atom. The van der Waals surface area contributed by atoms with Crippen molar-refractivity contribution in [1.29, 1.82) is 0 Å². The second-order valence-corrected chi connectivity index (χ2v) is 4.76. The van der Waals surface area contributed by atoms with E-state index in [1.165, 1.54) is 36.9 Å². The maximum Gasteiger partial charge on any atom is 0.0600 e. The second-order valence-electron chi connectivity index (χ2n) is 4.76. The fourth-order valence-corrected chi connectivity index (χ4v) is 2.85. The Morgan fingerprint density at radius 1 is 1.41 bits per heavy atom. The number of pyridine rings is 1. The molecule has 1 heterocycles. The van der Waals surface area contributed by atoms with Crippen LogP contribution in [0.3, 0.4) is 0 Å². The first-order valence-electron chi connectivity index (χ1n) is 6.71. The van der Waals surface area contributed by atoms with E-state index < -0.39 is 0 Å². The average molecular weight is 233 g/mol. The molecule has 0 atom stereocenters. The molecule has 1 aliphatic carbocycles. The predicted molar refractivity (Wildman–Crippen MR) is 72.3 cm³/mol. The molecule has 1 aliphatic rings. The maximum absolute atomic E-state index is 4.30. The van der Waals surface area contributed by atoms with Crippen molar-refractivity contribution in [2.45, 2.75) is 45.2 Å². The minimum Gasteiger partial charge on any atom is -0.367 e. The standard InChI is InChI=1S/C14H23N3/c1-3-17(13-6-4-5-7-13)14-11-16-9-8-12(14)10-15-2/h8-9,11,13,15H,3-7,10H2,1-2H3. The van der Waals surface area contributed by atoms with Gasteiger partial charge in [-0.1, -0.05) is 12.8 Å². The molecule has 0 saturated heterocycles. The Labute approximate surface area is 104 Å². The topological polar surface area (TPSA) is 28.2 Å². The van der Waals surface area contributed by atoms with E-state index in [0.717, 1.165) is 19.1 Å². The molecule has 0 bridgehead atoms. The van der Waals surface area contributed by atoms with Crippen LogP contribution in [0.5, 0.6) is 0 Å². The largest absolute Gasteiger partial charge is 0.367 e. The molecule has 1 aromatic rings. The van der Waals surface area contributed by atoms with Gasteiger partial charge in [0.2, 0.25) is 0 Å². The van der Waals surface area contributed by atoms with E-state index in [1.54, 1.807) is 0 Å². The Morgan fingerprint density at radius 2 is 2.18 bits per heavy atom. The van der Waals surface area contributed by atoms with Crippen LogP contribution >= 0.6 is 0 Å². The minimum absolute atomic E-state index is 0.722. The molecule has 3 heteroatoms. The number of rotatable bonds is 5. The van der Waals surface area contributed by atoms with Crippen LogP contribution < -0.4 is 10.2 Å². The Balaban J connectivity index is 2.22. The smallest absolute Gasteiger partial charge is 0.0600 e. The van der Waals surface area contributed by atoms with E-state index in [2.05, 4.69) is 28.2 Å². The van der Waals surface area contributed by atoms with E-state index in [0.29, 0.717) is 0 Å². The van der Waals surface area contributed by atoms with Crippen LogP contribution in [-0.2, 0) is 6.54 Å². The lowest BCUT2D eigenvalue weighted by molar-refractivity contribution is 0.614. The summed E-state index contributed by atoms with van der Waals surface area (Å²) >= 11 is 0. The third kappa shape index (κ3) is 2.78. The van der Waals surface area contributed by atoms with Gasteiger partial charge in [-0.3, -0.25) is 4.98 Å². The molecule has 94 valence electrons. The van der Waals surface area contributed by atoms with Gasteiger partial charge in [0.25, 0.3) is 0 Å². The van der Waals surface area contributed by atoms with Crippen LogP contribution in [0.2, 0.25) is 0 Å². The monoisotopic (exact) mass is 233 g/mol. The highest BCUT2D eigenvalue weighted by Crippen LogP contribution is 2.29. The first-order chi connectivity index (χ1) is 8.36. The van der Waals surface area contributed by atoms with E-state index >= 15 is 0 Å². The van der Waals surface area contributed by atoms with E-state index in [-0.39, 0.29) is 0 Å². The van der Waals surface area contributed by atoms with Gasteiger partial charge in [-0.05, 0) is 38.4 Å². The van der Waals surface area contributed by atoms with Crippen LogP contribution in [0, 0.1) is 0 Å².